The Labute approximate surface area is 99.9 Å². The molecular formula is C12H18Mg. The maximum atomic E-state index is 2.27. The van der Waals surface area contributed by atoms with Gasteiger partial charge in [0.1, 0.15) is 0 Å². The molecule has 68 valence electrons. The largest absolute Gasteiger partial charge is 2.00 e. The van der Waals surface area contributed by atoms with Crippen molar-refractivity contribution >= 4 is 23.1 Å². The van der Waals surface area contributed by atoms with Crippen LogP contribution in [0.1, 0.15) is 46.4 Å². The summed E-state index contributed by atoms with van der Waals surface area (Å²) in [7, 11) is 0. The van der Waals surface area contributed by atoms with Crippen molar-refractivity contribution < 1.29 is 2.85 Å². The predicted octanol–water partition coefficient (Wildman–Crippen LogP) is 3.58. The maximum Gasteiger partial charge on any atom is 2.00 e. The van der Waals surface area contributed by atoms with Gasteiger partial charge in [-0.05, 0) is 24.3 Å². The van der Waals surface area contributed by atoms with Gasteiger partial charge in [0.15, 0.2) is 0 Å². The van der Waals surface area contributed by atoms with Crippen LogP contribution in [0.25, 0.3) is 0 Å². The van der Waals surface area contributed by atoms with Crippen LogP contribution in [0.15, 0.2) is 30.3 Å². The van der Waals surface area contributed by atoms with Crippen molar-refractivity contribution in [3.05, 3.63) is 35.9 Å². The molecule has 0 aromatic heterocycles. The summed E-state index contributed by atoms with van der Waals surface area (Å²) >= 11 is 0. The van der Waals surface area contributed by atoms with Crippen LogP contribution in [0.3, 0.4) is 0 Å². The van der Waals surface area contributed by atoms with E-state index in [1.54, 1.807) is 5.56 Å². The van der Waals surface area contributed by atoms with Crippen LogP contribution >= 0.6 is 0 Å². The minimum Gasteiger partial charge on any atom is -1.00 e. The summed E-state index contributed by atoms with van der Waals surface area (Å²) in [6.45, 7) is 0. The molecule has 1 aliphatic rings. The summed E-state index contributed by atoms with van der Waals surface area (Å²) in [6, 6.07) is 11.0. The van der Waals surface area contributed by atoms with E-state index in [1.165, 1.54) is 32.1 Å². The topological polar surface area (TPSA) is 0 Å². The average molecular weight is 187 g/mol. The fourth-order valence-electron chi connectivity index (χ4n) is 2.16. The van der Waals surface area contributed by atoms with E-state index in [-0.39, 0.29) is 25.9 Å². The Morgan fingerprint density at radius 1 is 0.923 bits per heavy atom. The van der Waals surface area contributed by atoms with E-state index in [9.17, 15) is 0 Å². The van der Waals surface area contributed by atoms with Crippen molar-refractivity contribution in [2.75, 3.05) is 0 Å². The molecular weight excluding hydrogens is 168 g/mol. The van der Waals surface area contributed by atoms with Crippen molar-refractivity contribution in [2.24, 2.45) is 0 Å². The Hall–Kier alpha value is -0.0138. The maximum absolute atomic E-state index is 2.27. The summed E-state index contributed by atoms with van der Waals surface area (Å²) in [6.07, 6.45) is 7.12. The number of hydrogen-bond donors (Lipinski definition) is 0. The van der Waals surface area contributed by atoms with Gasteiger partial charge in [0.25, 0.3) is 0 Å². The molecule has 1 heteroatoms. The predicted molar refractivity (Wildman–Crippen MR) is 60.2 cm³/mol. The van der Waals surface area contributed by atoms with Gasteiger partial charge in [-0.25, -0.2) is 0 Å². The molecule has 0 heterocycles. The fraction of sp³-hybridized carbons (Fsp3) is 0.500. The van der Waals surface area contributed by atoms with Gasteiger partial charge in [0.2, 0.25) is 0 Å². The molecule has 13 heavy (non-hydrogen) atoms. The van der Waals surface area contributed by atoms with E-state index in [1.807, 2.05) is 0 Å². The van der Waals surface area contributed by atoms with E-state index in [0.29, 0.717) is 0 Å². The van der Waals surface area contributed by atoms with Crippen LogP contribution in [0, 0.1) is 0 Å². The van der Waals surface area contributed by atoms with Crippen molar-refractivity contribution in [1.82, 2.24) is 0 Å². The molecule has 0 aliphatic heterocycles. The quantitative estimate of drug-likeness (QED) is 0.588. The van der Waals surface area contributed by atoms with E-state index >= 15 is 0 Å². The van der Waals surface area contributed by atoms with Gasteiger partial charge >= 0.3 is 23.1 Å². The molecule has 0 nitrogen and oxygen atoms in total. The molecule has 1 aromatic rings. The van der Waals surface area contributed by atoms with Gasteiger partial charge in [-0.15, -0.1) is 0 Å². The summed E-state index contributed by atoms with van der Waals surface area (Å²) in [5.74, 6) is 0.861. The van der Waals surface area contributed by atoms with Gasteiger partial charge in [0.05, 0.1) is 0 Å². The van der Waals surface area contributed by atoms with E-state index in [2.05, 4.69) is 30.3 Å². The first-order valence-electron chi connectivity index (χ1n) is 5.02. The van der Waals surface area contributed by atoms with Crippen LogP contribution < -0.4 is 0 Å². The molecule has 1 fully saturated rings. The normalized spacial score (nSPS) is 17.8. The molecule has 0 N–H and O–H groups in total. The summed E-state index contributed by atoms with van der Waals surface area (Å²) in [5, 5.41) is 0. The molecule has 1 aliphatic carbocycles. The van der Waals surface area contributed by atoms with Crippen LogP contribution in [0.5, 0.6) is 0 Å². The Kier molecular flexibility index (Phi) is 4.82. The Morgan fingerprint density at radius 2 is 1.54 bits per heavy atom. The molecule has 1 aromatic carbocycles. The number of rotatable bonds is 1. The van der Waals surface area contributed by atoms with Crippen molar-refractivity contribution in [3.8, 4) is 0 Å². The minimum atomic E-state index is 0. The molecule has 0 spiro atoms. The fourth-order valence-corrected chi connectivity index (χ4v) is 2.16. The Bertz CT molecular complexity index is 233. The minimum absolute atomic E-state index is 0. The molecule has 0 amide bonds. The second-order valence-corrected chi connectivity index (χ2v) is 3.75. The van der Waals surface area contributed by atoms with Crippen molar-refractivity contribution in [3.63, 3.8) is 0 Å². The Morgan fingerprint density at radius 3 is 2.15 bits per heavy atom. The summed E-state index contributed by atoms with van der Waals surface area (Å²) in [4.78, 5) is 0. The SMILES string of the molecule is [H-].[H-].[Mg+2].c1ccc(C2CCCCC2)cc1. The molecule has 0 bridgehead atoms. The molecule has 0 atom stereocenters. The van der Waals surface area contributed by atoms with Gasteiger partial charge < -0.3 is 2.85 Å². The van der Waals surface area contributed by atoms with Crippen LogP contribution in [-0.2, 0) is 0 Å². The zero-order chi connectivity index (χ0) is 8.23. The van der Waals surface area contributed by atoms with Gasteiger partial charge in [-0.1, -0.05) is 49.6 Å². The van der Waals surface area contributed by atoms with Gasteiger partial charge in [0, 0.05) is 0 Å². The standard InChI is InChI=1S/C12H16.Mg.2H/c1-3-7-11(8-4-1)12-9-5-2-6-10-12;;;/h1,3-4,7-8,12H,2,5-6,9-10H2;;;/q;+2;2*-1. The molecule has 0 radical (unpaired) electrons. The monoisotopic (exact) mass is 186 g/mol. The zero-order valence-electron chi connectivity index (χ0n) is 10.2. The third-order valence-electron chi connectivity index (χ3n) is 2.88. The van der Waals surface area contributed by atoms with Crippen LogP contribution in [0.4, 0.5) is 0 Å². The number of hydrogen-bond acceptors (Lipinski definition) is 0. The first-order valence-corrected chi connectivity index (χ1v) is 5.02. The first-order chi connectivity index (χ1) is 5.97. The molecule has 0 unspecified atom stereocenters. The van der Waals surface area contributed by atoms with E-state index in [0.717, 1.165) is 5.92 Å². The summed E-state index contributed by atoms with van der Waals surface area (Å²) in [5.41, 5.74) is 1.55. The van der Waals surface area contributed by atoms with E-state index < -0.39 is 0 Å². The average Bonchev–Trinajstić information content (AvgIpc) is 2.21. The van der Waals surface area contributed by atoms with Crippen molar-refractivity contribution in [2.45, 2.75) is 38.0 Å². The third-order valence-corrected chi connectivity index (χ3v) is 2.88. The molecule has 0 saturated heterocycles. The van der Waals surface area contributed by atoms with Crippen LogP contribution in [-0.4, -0.2) is 23.1 Å². The van der Waals surface area contributed by atoms with Gasteiger partial charge in [-0.3, -0.25) is 0 Å². The van der Waals surface area contributed by atoms with Gasteiger partial charge in [-0.2, -0.15) is 0 Å². The smallest absolute Gasteiger partial charge is 1.00 e. The van der Waals surface area contributed by atoms with Crippen LogP contribution in [0.2, 0.25) is 0 Å². The first kappa shape index (κ1) is 11.1. The van der Waals surface area contributed by atoms with E-state index in [4.69, 9.17) is 0 Å². The molecule has 1 saturated carbocycles. The van der Waals surface area contributed by atoms with Crippen molar-refractivity contribution in [1.29, 1.82) is 0 Å². The Balaban J connectivity index is 0. The summed E-state index contributed by atoms with van der Waals surface area (Å²) < 4.78 is 0. The zero-order valence-corrected chi connectivity index (χ0v) is 9.62. The second-order valence-electron chi connectivity index (χ2n) is 3.75. The third kappa shape index (κ3) is 2.99. The molecule has 2 rings (SSSR count). The second kappa shape index (κ2) is 5.66. The number of benzene rings is 1.